The Labute approximate surface area is 79.5 Å². The predicted molar refractivity (Wildman–Crippen MR) is 41.6 cm³/mol. The van der Waals surface area contributed by atoms with Gasteiger partial charge in [-0.15, -0.1) is 0 Å². The van der Waals surface area contributed by atoms with Crippen molar-refractivity contribution in [3.8, 4) is 0 Å². The molecule has 0 aromatic carbocycles. The normalized spacial score (nSPS) is 45.2. The van der Waals surface area contributed by atoms with Gasteiger partial charge in [0.25, 0.3) is 0 Å². The lowest BCUT2D eigenvalue weighted by molar-refractivity contribution is -0.293. The van der Waals surface area contributed by atoms with Crippen LogP contribution in [0.2, 0.25) is 0 Å². The summed E-state index contributed by atoms with van der Waals surface area (Å²) in [7, 11) is 0. The van der Waals surface area contributed by atoms with Gasteiger partial charge >= 0.3 is 6.18 Å². The molecule has 5 unspecified atom stereocenters. The summed E-state index contributed by atoms with van der Waals surface area (Å²) < 4.78 is 41.7. The third kappa shape index (κ3) is 2.02. The molecule has 5 atom stereocenters. The summed E-state index contributed by atoms with van der Waals surface area (Å²) in [6.07, 6.45) is -10.2. The standard InChI is InChI=1S/C8H13F3O3/c1-3-5(12)6(13)4(2)14-7(3)8(9,10)11/h3-7,12-13H,1-2H3. The molecule has 0 aromatic rings. The molecule has 1 fully saturated rings. The van der Waals surface area contributed by atoms with Crippen LogP contribution in [0.1, 0.15) is 13.8 Å². The van der Waals surface area contributed by atoms with Crippen LogP contribution < -0.4 is 0 Å². The number of hydrogen-bond acceptors (Lipinski definition) is 3. The number of ether oxygens (including phenoxy) is 1. The van der Waals surface area contributed by atoms with E-state index < -0.39 is 36.5 Å². The van der Waals surface area contributed by atoms with E-state index in [0.717, 1.165) is 0 Å². The molecule has 0 spiro atoms. The Kier molecular flexibility index (Phi) is 3.08. The first kappa shape index (κ1) is 11.7. The van der Waals surface area contributed by atoms with Gasteiger partial charge in [0, 0.05) is 5.92 Å². The van der Waals surface area contributed by atoms with Gasteiger partial charge in [-0.3, -0.25) is 0 Å². The van der Waals surface area contributed by atoms with Crippen molar-refractivity contribution < 1.29 is 28.1 Å². The topological polar surface area (TPSA) is 49.7 Å². The van der Waals surface area contributed by atoms with Crippen molar-refractivity contribution >= 4 is 0 Å². The third-order valence-electron chi connectivity index (χ3n) is 2.53. The van der Waals surface area contributed by atoms with E-state index in [4.69, 9.17) is 0 Å². The van der Waals surface area contributed by atoms with E-state index in [-0.39, 0.29) is 0 Å². The highest BCUT2D eigenvalue weighted by molar-refractivity contribution is 4.91. The lowest BCUT2D eigenvalue weighted by atomic mass is 9.88. The number of aliphatic hydroxyl groups is 2. The van der Waals surface area contributed by atoms with Crippen LogP contribution in [0.25, 0.3) is 0 Å². The zero-order valence-corrected chi connectivity index (χ0v) is 7.82. The molecule has 1 aliphatic heterocycles. The maximum atomic E-state index is 12.3. The smallest absolute Gasteiger partial charge is 0.390 e. The van der Waals surface area contributed by atoms with Crippen molar-refractivity contribution in [3.05, 3.63) is 0 Å². The molecule has 0 bridgehead atoms. The van der Waals surface area contributed by atoms with Crippen LogP contribution in [0.5, 0.6) is 0 Å². The Balaban J connectivity index is 2.81. The second-order valence-electron chi connectivity index (χ2n) is 3.64. The summed E-state index contributed by atoms with van der Waals surface area (Å²) in [5.74, 6) is -1.15. The van der Waals surface area contributed by atoms with Gasteiger partial charge in [0.1, 0.15) is 6.10 Å². The Morgan fingerprint density at radius 2 is 1.57 bits per heavy atom. The highest BCUT2D eigenvalue weighted by Gasteiger charge is 2.52. The summed E-state index contributed by atoms with van der Waals surface area (Å²) in [6.45, 7) is 2.51. The summed E-state index contributed by atoms with van der Waals surface area (Å²) in [4.78, 5) is 0. The van der Waals surface area contributed by atoms with Crippen molar-refractivity contribution in [3.63, 3.8) is 0 Å². The third-order valence-corrected chi connectivity index (χ3v) is 2.53. The average Bonchev–Trinajstić information content (AvgIpc) is 2.06. The Morgan fingerprint density at radius 3 is 2.00 bits per heavy atom. The van der Waals surface area contributed by atoms with Crippen LogP contribution >= 0.6 is 0 Å². The molecule has 0 saturated carbocycles. The van der Waals surface area contributed by atoms with Gasteiger partial charge in [-0.2, -0.15) is 13.2 Å². The number of rotatable bonds is 0. The van der Waals surface area contributed by atoms with Crippen LogP contribution in [0, 0.1) is 5.92 Å². The molecule has 1 aliphatic rings. The molecule has 6 heteroatoms. The minimum atomic E-state index is -4.51. The van der Waals surface area contributed by atoms with Crippen molar-refractivity contribution in [2.75, 3.05) is 0 Å². The van der Waals surface area contributed by atoms with Gasteiger partial charge in [-0.25, -0.2) is 0 Å². The van der Waals surface area contributed by atoms with Crippen LogP contribution in [-0.2, 0) is 4.74 Å². The minimum Gasteiger partial charge on any atom is -0.390 e. The summed E-state index contributed by atoms with van der Waals surface area (Å²) in [5.41, 5.74) is 0. The van der Waals surface area contributed by atoms with E-state index in [1.165, 1.54) is 13.8 Å². The van der Waals surface area contributed by atoms with Crippen molar-refractivity contribution in [2.24, 2.45) is 5.92 Å². The van der Waals surface area contributed by atoms with E-state index in [1.807, 2.05) is 0 Å². The van der Waals surface area contributed by atoms with E-state index in [0.29, 0.717) is 0 Å². The first-order chi connectivity index (χ1) is 6.25. The molecular weight excluding hydrogens is 201 g/mol. The number of halogens is 3. The fourth-order valence-corrected chi connectivity index (χ4v) is 1.58. The number of hydrogen-bond donors (Lipinski definition) is 2. The van der Waals surface area contributed by atoms with Gasteiger partial charge in [-0.1, -0.05) is 6.92 Å². The maximum absolute atomic E-state index is 12.3. The van der Waals surface area contributed by atoms with Gasteiger partial charge < -0.3 is 14.9 Å². The summed E-state index contributed by atoms with van der Waals surface area (Å²) in [6, 6.07) is 0. The van der Waals surface area contributed by atoms with E-state index in [9.17, 15) is 23.4 Å². The first-order valence-electron chi connectivity index (χ1n) is 4.33. The highest BCUT2D eigenvalue weighted by atomic mass is 19.4. The fourth-order valence-electron chi connectivity index (χ4n) is 1.58. The van der Waals surface area contributed by atoms with Crippen LogP contribution in [0.3, 0.4) is 0 Å². The van der Waals surface area contributed by atoms with E-state index >= 15 is 0 Å². The van der Waals surface area contributed by atoms with Gasteiger partial charge in [-0.05, 0) is 6.92 Å². The van der Waals surface area contributed by atoms with Crippen molar-refractivity contribution in [1.29, 1.82) is 0 Å². The average molecular weight is 214 g/mol. The minimum absolute atomic E-state index is 1.01. The van der Waals surface area contributed by atoms with Gasteiger partial charge in [0.15, 0.2) is 6.10 Å². The molecule has 0 radical (unpaired) electrons. The molecule has 0 aliphatic carbocycles. The van der Waals surface area contributed by atoms with Crippen LogP contribution in [-0.4, -0.2) is 40.8 Å². The molecule has 2 N–H and O–H groups in total. The molecule has 0 amide bonds. The number of aliphatic hydroxyl groups excluding tert-OH is 2. The lowest BCUT2D eigenvalue weighted by Gasteiger charge is -2.40. The zero-order valence-electron chi connectivity index (χ0n) is 7.82. The van der Waals surface area contributed by atoms with Crippen LogP contribution in [0.4, 0.5) is 13.2 Å². The van der Waals surface area contributed by atoms with Crippen molar-refractivity contribution in [1.82, 2.24) is 0 Å². The first-order valence-corrected chi connectivity index (χ1v) is 4.33. The second kappa shape index (κ2) is 3.67. The molecular formula is C8H13F3O3. The molecule has 0 aromatic heterocycles. The molecule has 84 valence electrons. The Bertz CT molecular complexity index is 206. The molecule has 14 heavy (non-hydrogen) atoms. The fraction of sp³-hybridized carbons (Fsp3) is 1.00. The van der Waals surface area contributed by atoms with Gasteiger partial charge in [0.2, 0.25) is 0 Å². The maximum Gasteiger partial charge on any atom is 0.414 e. The SMILES string of the molecule is CC1OC(C(F)(F)F)C(C)C(O)C1O. The van der Waals surface area contributed by atoms with Gasteiger partial charge in [0.05, 0.1) is 12.2 Å². The quantitative estimate of drug-likeness (QED) is 0.624. The van der Waals surface area contributed by atoms with Crippen molar-refractivity contribution in [2.45, 2.75) is 44.4 Å². The summed E-state index contributed by atoms with van der Waals surface area (Å²) >= 11 is 0. The zero-order chi connectivity index (χ0) is 11.1. The second-order valence-corrected chi connectivity index (χ2v) is 3.64. The highest BCUT2D eigenvalue weighted by Crippen LogP contribution is 2.36. The monoisotopic (exact) mass is 214 g/mol. The molecule has 1 rings (SSSR count). The molecule has 1 saturated heterocycles. The summed E-state index contributed by atoms with van der Waals surface area (Å²) in [5, 5.41) is 18.6. The van der Waals surface area contributed by atoms with E-state index in [1.54, 1.807) is 0 Å². The lowest BCUT2D eigenvalue weighted by Crippen LogP contribution is -2.56. The Hall–Kier alpha value is -0.330. The van der Waals surface area contributed by atoms with Crippen LogP contribution in [0.15, 0.2) is 0 Å². The van der Waals surface area contributed by atoms with E-state index in [2.05, 4.69) is 4.74 Å². The predicted octanol–water partition coefficient (Wildman–Crippen LogP) is 0.694. The Morgan fingerprint density at radius 1 is 1.07 bits per heavy atom. The molecule has 3 nitrogen and oxygen atoms in total. The molecule has 1 heterocycles. The number of alkyl halides is 3. The largest absolute Gasteiger partial charge is 0.414 e.